The first-order valence-corrected chi connectivity index (χ1v) is 6.37. The lowest BCUT2D eigenvalue weighted by Crippen LogP contribution is -2.14. The zero-order valence-corrected chi connectivity index (χ0v) is 11.2. The van der Waals surface area contributed by atoms with Crippen molar-refractivity contribution in [2.75, 3.05) is 5.32 Å². The van der Waals surface area contributed by atoms with E-state index in [1.165, 1.54) is 11.0 Å². The highest BCUT2D eigenvalue weighted by molar-refractivity contribution is 6.02. The number of anilines is 1. The van der Waals surface area contributed by atoms with Crippen molar-refractivity contribution in [3.05, 3.63) is 72.1 Å². The molecule has 0 bridgehead atoms. The molecular weight excluding hydrogens is 290 g/mol. The van der Waals surface area contributed by atoms with Crippen LogP contribution in [0.4, 0.5) is 14.5 Å². The van der Waals surface area contributed by atoms with Gasteiger partial charge in [0.25, 0.3) is 5.91 Å². The molecule has 0 saturated heterocycles. The van der Waals surface area contributed by atoms with E-state index >= 15 is 0 Å². The van der Waals surface area contributed by atoms with Crippen molar-refractivity contribution < 1.29 is 13.6 Å². The van der Waals surface area contributed by atoms with E-state index in [0.29, 0.717) is 5.69 Å². The average Bonchev–Trinajstić information content (AvgIpc) is 3.02. The van der Waals surface area contributed by atoms with Crippen molar-refractivity contribution in [2.45, 2.75) is 0 Å². The normalized spacial score (nSPS) is 10.5. The Morgan fingerprint density at radius 3 is 2.64 bits per heavy atom. The second-order valence-corrected chi connectivity index (χ2v) is 4.43. The van der Waals surface area contributed by atoms with Gasteiger partial charge < -0.3 is 5.32 Å². The minimum Gasteiger partial charge on any atom is -0.318 e. The Morgan fingerprint density at radius 2 is 1.86 bits per heavy atom. The molecule has 7 heteroatoms. The van der Waals surface area contributed by atoms with Gasteiger partial charge in [0.05, 0.1) is 17.6 Å². The van der Waals surface area contributed by atoms with Crippen molar-refractivity contribution in [1.29, 1.82) is 0 Å². The molecule has 2 aromatic carbocycles. The number of nitrogens with zero attached hydrogens (tertiary/aromatic N) is 3. The molecule has 0 unspecified atom stereocenters. The third-order valence-electron chi connectivity index (χ3n) is 2.89. The SMILES string of the molecule is O=C(Nc1cc(F)ccc1F)c1cnn(-c2ccccc2)n1. The Kier molecular flexibility index (Phi) is 3.61. The maximum Gasteiger partial charge on any atom is 0.277 e. The standard InChI is InChI=1S/C15H10F2N4O/c16-10-6-7-12(17)13(8-10)19-15(22)14-9-18-21(20-14)11-4-2-1-3-5-11/h1-9H,(H,19,22). The van der Waals surface area contributed by atoms with Gasteiger partial charge >= 0.3 is 0 Å². The summed E-state index contributed by atoms with van der Waals surface area (Å²) >= 11 is 0. The van der Waals surface area contributed by atoms with Crippen LogP contribution in [-0.2, 0) is 0 Å². The van der Waals surface area contributed by atoms with Crippen LogP contribution in [0.5, 0.6) is 0 Å². The Morgan fingerprint density at radius 1 is 1.09 bits per heavy atom. The van der Waals surface area contributed by atoms with Crippen LogP contribution in [-0.4, -0.2) is 20.9 Å². The molecule has 0 radical (unpaired) electrons. The van der Waals surface area contributed by atoms with E-state index in [-0.39, 0.29) is 11.4 Å². The molecular formula is C15H10F2N4O. The third-order valence-corrected chi connectivity index (χ3v) is 2.89. The summed E-state index contributed by atoms with van der Waals surface area (Å²) in [5, 5.41) is 10.2. The van der Waals surface area contributed by atoms with Crippen LogP contribution in [0.3, 0.4) is 0 Å². The summed E-state index contributed by atoms with van der Waals surface area (Å²) < 4.78 is 26.6. The van der Waals surface area contributed by atoms with Gasteiger partial charge in [-0.05, 0) is 24.3 Å². The number of amides is 1. The molecule has 1 N–H and O–H groups in total. The first-order chi connectivity index (χ1) is 10.6. The van der Waals surface area contributed by atoms with Gasteiger partial charge in [-0.2, -0.15) is 9.90 Å². The second-order valence-electron chi connectivity index (χ2n) is 4.43. The van der Waals surface area contributed by atoms with E-state index in [9.17, 15) is 13.6 Å². The van der Waals surface area contributed by atoms with Crippen LogP contribution in [0.25, 0.3) is 5.69 Å². The molecule has 0 saturated carbocycles. The Bertz CT molecular complexity index is 817. The van der Waals surface area contributed by atoms with Gasteiger partial charge in [-0.1, -0.05) is 18.2 Å². The zero-order chi connectivity index (χ0) is 15.5. The molecule has 0 spiro atoms. The molecule has 0 aliphatic rings. The number of hydrogen-bond donors (Lipinski definition) is 1. The van der Waals surface area contributed by atoms with Crippen LogP contribution < -0.4 is 5.32 Å². The highest BCUT2D eigenvalue weighted by atomic mass is 19.1. The van der Waals surface area contributed by atoms with Crippen LogP contribution in [0, 0.1) is 11.6 Å². The van der Waals surface area contributed by atoms with E-state index < -0.39 is 17.5 Å². The maximum absolute atomic E-state index is 13.5. The van der Waals surface area contributed by atoms with Crippen LogP contribution in [0.2, 0.25) is 0 Å². The third kappa shape index (κ3) is 2.83. The minimum absolute atomic E-state index is 0.00693. The lowest BCUT2D eigenvalue weighted by Gasteiger charge is -2.04. The van der Waals surface area contributed by atoms with Crippen LogP contribution in [0.1, 0.15) is 10.5 Å². The van der Waals surface area contributed by atoms with E-state index in [4.69, 9.17) is 0 Å². The number of nitrogens with one attached hydrogen (secondary N) is 1. The molecule has 3 aromatic rings. The van der Waals surface area contributed by atoms with Crippen molar-refractivity contribution >= 4 is 11.6 Å². The number of benzene rings is 2. The number of halogens is 2. The Hall–Kier alpha value is -3.09. The van der Waals surface area contributed by atoms with Gasteiger partial charge in [0, 0.05) is 6.07 Å². The van der Waals surface area contributed by atoms with Gasteiger partial charge in [-0.3, -0.25) is 4.79 Å². The molecule has 0 aliphatic carbocycles. The summed E-state index contributed by atoms with van der Waals surface area (Å²) in [5.41, 5.74) is 0.422. The second kappa shape index (κ2) is 5.72. The summed E-state index contributed by atoms with van der Waals surface area (Å²) in [6.45, 7) is 0. The van der Waals surface area contributed by atoms with Gasteiger partial charge in [0.1, 0.15) is 11.6 Å². The fraction of sp³-hybridized carbons (Fsp3) is 0. The van der Waals surface area contributed by atoms with Crippen molar-refractivity contribution in [3.8, 4) is 5.69 Å². The number of hydrogen-bond acceptors (Lipinski definition) is 3. The lowest BCUT2D eigenvalue weighted by atomic mass is 10.3. The zero-order valence-electron chi connectivity index (χ0n) is 11.2. The highest BCUT2D eigenvalue weighted by Crippen LogP contribution is 2.16. The van der Waals surface area contributed by atoms with Crippen LogP contribution >= 0.6 is 0 Å². The lowest BCUT2D eigenvalue weighted by molar-refractivity contribution is 0.102. The molecule has 22 heavy (non-hydrogen) atoms. The first kappa shape index (κ1) is 13.9. The molecule has 0 fully saturated rings. The fourth-order valence-electron chi connectivity index (χ4n) is 1.83. The first-order valence-electron chi connectivity index (χ1n) is 6.37. The minimum atomic E-state index is -0.731. The predicted molar refractivity (Wildman–Crippen MR) is 75.7 cm³/mol. The van der Waals surface area contributed by atoms with Crippen molar-refractivity contribution in [1.82, 2.24) is 15.0 Å². The predicted octanol–water partition coefficient (Wildman–Crippen LogP) is 2.80. The fourth-order valence-corrected chi connectivity index (χ4v) is 1.83. The van der Waals surface area contributed by atoms with Gasteiger partial charge in [-0.15, -0.1) is 5.10 Å². The smallest absolute Gasteiger partial charge is 0.277 e. The van der Waals surface area contributed by atoms with E-state index in [1.807, 2.05) is 6.07 Å². The topological polar surface area (TPSA) is 59.8 Å². The van der Waals surface area contributed by atoms with E-state index in [2.05, 4.69) is 15.5 Å². The summed E-state index contributed by atoms with van der Waals surface area (Å²) in [4.78, 5) is 13.3. The quantitative estimate of drug-likeness (QED) is 0.809. The van der Waals surface area contributed by atoms with Gasteiger partial charge in [0.15, 0.2) is 5.69 Å². The van der Waals surface area contributed by atoms with Gasteiger partial charge in [-0.25, -0.2) is 8.78 Å². The summed E-state index contributed by atoms with van der Waals surface area (Å²) in [7, 11) is 0. The highest BCUT2D eigenvalue weighted by Gasteiger charge is 2.14. The molecule has 0 aliphatic heterocycles. The summed E-state index contributed by atoms with van der Waals surface area (Å²) in [6, 6.07) is 11.8. The number of carbonyl (C=O) groups excluding carboxylic acids is 1. The number of aromatic nitrogens is 3. The monoisotopic (exact) mass is 300 g/mol. The van der Waals surface area contributed by atoms with Crippen molar-refractivity contribution in [3.63, 3.8) is 0 Å². The molecule has 5 nitrogen and oxygen atoms in total. The average molecular weight is 300 g/mol. The Labute approximate surface area is 124 Å². The molecule has 1 amide bonds. The maximum atomic E-state index is 13.5. The number of para-hydroxylation sites is 1. The van der Waals surface area contributed by atoms with E-state index in [1.54, 1.807) is 24.3 Å². The molecule has 1 heterocycles. The molecule has 0 atom stereocenters. The molecule has 110 valence electrons. The Balaban J connectivity index is 1.81. The largest absolute Gasteiger partial charge is 0.318 e. The molecule has 3 rings (SSSR count). The van der Waals surface area contributed by atoms with Gasteiger partial charge in [0.2, 0.25) is 0 Å². The van der Waals surface area contributed by atoms with Crippen molar-refractivity contribution in [2.24, 2.45) is 0 Å². The number of carbonyl (C=O) groups is 1. The van der Waals surface area contributed by atoms with E-state index in [0.717, 1.165) is 18.2 Å². The summed E-state index contributed by atoms with van der Waals surface area (Å²) in [6.07, 6.45) is 1.25. The van der Waals surface area contributed by atoms with Crippen LogP contribution in [0.15, 0.2) is 54.7 Å². The number of rotatable bonds is 3. The summed E-state index contributed by atoms with van der Waals surface area (Å²) in [5.74, 6) is -2.05. The molecule has 1 aromatic heterocycles.